The molecule has 0 aromatic heterocycles. The summed E-state index contributed by atoms with van der Waals surface area (Å²) in [6.07, 6.45) is 0.0789. The highest BCUT2D eigenvalue weighted by molar-refractivity contribution is 5.67. The van der Waals surface area contributed by atoms with Gasteiger partial charge >= 0.3 is 0 Å². The summed E-state index contributed by atoms with van der Waals surface area (Å²) < 4.78 is 16.3. The van der Waals surface area contributed by atoms with Gasteiger partial charge in [0.15, 0.2) is 0 Å². The normalized spacial score (nSPS) is 22.6. The Bertz CT molecular complexity index is 406. The monoisotopic (exact) mass is 237 g/mol. The highest BCUT2D eigenvalue weighted by atomic mass is 16.5. The van der Waals surface area contributed by atoms with Gasteiger partial charge in [0, 0.05) is 31.2 Å². The predicted octanol–water partition coefficient (Wildman–Crippen LogP) is 2.45. The molecule has 0 aliphatic carbocycles. The number of ether oxygens (including phenoxy) is 3. The summed E-state index contributed by atoms with van der Waals surface area (Å²) in [5.41, 5.74) is 2.11. The van der Waals surface area contributed by atoms with E-state index in [2.05, 4.69) is 12.2 Å². The van der Waals surface area contributed by atoms with E-state index in [1.165, 1.54) is 0 Å². The summed E-state index contributed by atoms with van der Waals surface area (Å²) in [5, 5.41) is 3.39. The second-order valence-electron chi connectivity index (χ2n) is 4.31. The zero-order valence-corrected chi connectivity index (χ0v) is 10.7. The molecule has 1 aliphatic heterocycles. The van der Waals surface area contributed by atoms with E-state index in [1.54, 1.807) is 21.3 Å². The lowest BCUT2D eigenvalue weighted by Gasteiger charge is -2.32. The molecule has 0 fully saturated rings. The molecule has 1 N–H and O–H groups in total. The first-order valence-electron chi connectivity index (χ1n) is 5.73. The number of anilines is 1. The zero-order chi connectivity index (χ0) is 12.4. The molecule has 0 spiro atoms. The molecule has 4 heteroatoms. The van der Waals surface area contributed by atoms with Gasteiger partial charge in [-0.1, -0.05) is 6.92 Å². The predicted molar refractivity (Wildman–Crippen MR) is 66.9 cm³/mol. The SMILES string of the molecule is COc1cc(OC)c2c(c1)C(OC)C(C)CN2. The quantitative estimate of drug-likeness (QED) is 0.876. The highest BCUT2D eigenvalue weighted by Gasteiger charge is 2.29. The maximum atomic E-state index is 5.58. The average Bonchev–Trinajstić information content (AvgIpc) is 2.37. The van der Waals surface area contributed by atoms with E-state index in [4.69, 9.17) is 14.2 Å². The molecular formula is C13H19NO3. The van der Waals surface area contributed by atoms with Crippen LogP contribution in [0.5, 0.6) is 11.5 Å². The Labute approximate surface area is 102 Å². The minimum absolute atomic E-state index is 0.0789. The molecule has 2 unspecified atom stereocenters. The van der Waals surface area contributed by atoms with Gasteiger partial charge < -0.3 is 19.5 Å². The van der Waals surface area contributed by atoms with Crippen molar-refractivity contribution in [3.63, 3.8) is 0 Å². The van der Waals surface area contributed by atoms with E-state index in [-0.39, 0.29) is 6.10 Å². The summed E-state index contributed by atoms with van der Waals surface area (Å²) in [7, 11) is 5.06. The van der Waals surface area contributed by atoms with Crippen molar-refractivity contribution in [3.8, 4) is 11.5 Å². The first-order chi connectivity index (χ1) is 8.21. The molecule has 1 aromatic rings. The Kier molecular flexibility index (Phi) is 3.43. The molecule has 4 nitrogen and oxygen atoms in total. The average molecular weight is 237 g/mol. The summed E-state index contributed by atoms with van der Waals surface area (Å²) in [6.45, 7) is 3.05. The Morgan fingerprint density at radius 3 is 2.53 bits per heavy atom. The fraction of sp³-hybridized carbons (Fsp3) is 0.538. The van der Waals surface area contributed by atoms with Crippen LogP contribution in [0.4, 0.5) is 5.69 Å². The van der Waals surface area contributed by atoms with Crippen LogP contribution >= 0.6 is 0 Å². The molecule has 2 atom stereocenters. The Morgan fingerprint density at radius 2 is 1.94 bits per heavy atom. The lowest BCUT2D eigenvalue weighted by Crippen LogP contribution is -2.27. The maximum absolute atomic E-state index is 5.58. The first kappa shape index (κ1) is 12.0. The minimum Gasteiger partial charge on any atom is -0.497 e. The molecular weight excluding hydrogens is 218 g/mol. The third-order valence-corrected chi connectivity index (χ3v) is 3.24. The number of benzene rings is 1. The molecule has 0 saturated heterocycles. The second-order valence-corrected chi connectivity index (χ2v) is 4.31. The van der Waals surface area contributed by atoms with Gasteiger partial charge in [0.05, 0.1) is 26.0 Å². The lowest BCUT2D eigenvalue weighted by molar-refractivity contribution is 0.0592. The van der Waals surface area contributed by atoms with Crippen molar-refractivity contribution in [2.75, 3.05) is 33.2 Å². The molecule has 1 aromatic carbocycles. The Hall–Kier alpha value is -1.42. The number of methoxy groups -OCH3 is 3. The third kappa shape index (κ3) is 2.05. The van der Waals surface area contributed by atoms with Crippen molar-refractivity contribution in [3.05, 3.63) is 17.7 Å². The number of hydrogen-bond donors (Lipinski definition) is 1. The van der Waals surface area contributed by atoms with Crippen molar-refractivity contribution >= 4 is 5.69 Å². The van der Waals surface area contributed by atoms with Gasteiger partial charge in [-0.15, -0.1) is 0 Å². The van der Waals surface area contributed by atoms with Crippen LogP contribution in [0.1, 0.15) is 18.6 Å². The highest BCUT2D eigenvalue weighted by Crippen LogP contribution is 2.43. The molecule has 1 aliphatic rings. The number of hydrogen-bond acceptors (Lipinski definition) is 4. The van der Waals surface area contributed by atoms with Crippen LogP contribution < -0.4 is 14.8 Å². The van der Waals surface area contributed by atoms with Crippen LogP contribution in [0, 0.1) is 5.92 Å². The summed E-state index contributed by atoms with van der Waals surface area (Å²) in [5.74, 6) is 2.01. The molecule has 0 saturated carbocycles. The lowest BCUT2D eigenvalue weighted by atomic mass is 9.91. The van der Waals surface area contributed by atoms with Gasteiger partial charge in [-0.3, -0.25) is 0 Å². The fourth-order valence-electron chi connectivity index (χ4n) is 2.34. The van der Waals surface area contributed by atoms with Crippen LogP contribution in [0.2, 0.25) is 0 Å². The van der Waals surface area contributed by atoms with E-state index < -0.39 is 0 Å². The third-order valence-electron chi connectivity index (χ3n) is 3.24. The summed E-state index contributed by atoms with van der Waals surface area (Å²) in [4.78, 5) is 0. The largest absolute Gasteiger partial charge is 0.497 e. The van der Waals surface area contributed by atoms with Crippen LogP contribution in [0.25, 0.3) is 0 Å². The maximum Gasteiger partial charge on any atom is 0.146 e. The van der Waals surface area contributed by atoms with E-state index in [1.807, 2.05) is 12.1 Å². The van der Waals surface area contributed by atoms with E-state index in [0.29, 0.717) is 5.92 Å². The van der Waals surface area contributed by atoms with E-state index in [0.717, 1.165) is 29.3 Å². The molecule has 17 heavy (non-hydrogen) atoms. The molecule has 1 heterocycles. The smallest absolute Gasteiger partial charge is 0.146 e. The Balaban J connectivity index is 2.52. The van der Waals surface area contributed by atoms with Gasteiger partial charge in [-0.2, -0.15) is 0 Å². The van der Waals surface area contributed by atoms with Crippen LogP contribution in [-0.4, -0.2) is 27.9 Å². The van der Waals surface area contributed by atoms with Gasteiger partial charge in [-0.05, 0) is 6.07 Å². The van der Waals surface area contributed by atoms with Crippen molar-refractivity contribution in [1.82, 2.24) is 0 Å². The van der Waals surface area contributed by atoms with Crippen molar-refractivity contribution in [2.45, 2.75) is 13.0 Å². The second kappa shape index (κ2) is 4.84. The van der Waals surface area contributed by atoms with Gasteiger partial charge in [0.1, 0.15) is 11.5 Å². The molecule has 0 amide bonds. The summed E-state index contributed by atoms with van der Waals surface area (Å²) >= 11 is 0. The molecule has 0 radical (unpaired) electrons. The van der Waals surface area contributed by atoms with Gasteiger partial charge in [-0.25, -0.2) is 0 Å². The summed E-state index contributed by atoms with van der Waals surface area (Å²) in [6, 6.07) is 3.89. The minimum atomic E-state index is 0.0789. The van der Waals surface area contributed by atoms with Crippen molar-refractivity contribution in [1.29, 1.82) is 0 Å². The Morgan fingerprint density at radius 1 is 1.18 bits per heavy atom. The van der Waals surface area contributed by atoms with Crippen LogP contribution in [-0.2, 0) is 4.74 Å². The van der Waals surface area contributed by atoms with Crippen molar-refractivity contribution < 1.29 is 14.2 Å². The zero-order valence-electron chi connectivity index (χ0n) is 10.7. The number of nitrogens with one attached hydrogen (secondary N) is 1. The van der Waals surface area contributed by atoms with Crippen LogP contribution in [0.3, 0.4) is 0 Å². The number of fused-ring (bicyclic) bond motifs is 1. The van der Waals surface area contributed by atoms with Crippen molar-refractivity contribution in [2.24, 2.45) is 5.92 Å². The van der Waals surface area contributed by atoms with E-state index >= 15 is 0 Å². The molecule has 0 bridgehead atoms. The molecule has 2 rings (SSSR count). The van der Waals surface area contributed by atoms with Gasteiger partial charge in [0.25, 0.3) is 0 Å². The fourth-order valence-corrected chi connectivity index (χ4v) is 2.34. The number of rotatable bonds is 3. The van der Waals surface area contributed by atoms with E-state index in [9.17, 15) is 0 Å². The molecule has 94 valence electrons. The first-order valence-corrected chi connectivity index (χ1v) is 5.73. The van der Waals surface area contributed by atoms with Crippen LogP contribution in [0.15, 0.2) is 12.1 Å². The standard InChI is InChI=1S/C13H19NO3/c1-8-7-14-12-10(13(8)17-4)5-9(15-2)6-11(12)16-3/h5-6,8,13-14H,7H2,1-4H3. The van der Waals surface area contributed by atoms with Gasteiger partial charge in [0.2, 0.25) is 0 Å². The topological polar surface area (TPSA) is 39.7 Å².